The first kappa shape index (κ1) is 17.1. The van der Waals surface area contributed by atoms with Gasteiger partial charge in [-0.2, -0.15) is 0 Å². The fourth-order valence-electron chi connectivity index (χ4n) is 8.45. The van der Waals surface area contributed by atoms with E-state index in [0.717, 1.165) is 42.4 Å². The molecule has 0 amide bonds. The van der Waals surface area contributed by atoms with Crippen LogP contribution in [0.25, 0.3) is 0 Å². The van der Waals surface area contributed by atoms with Gasteiger partial charge in [0.2, 0.25) is 0 Å². The van der Waals surface area contributed by atoms with E-state index < -0.39 is 5.60 Å². The van der Waals surface area contributed by atoms with Gasteiger partial charge in [0.05, 0.1) is 5.60 Å². The summed E-state index contributed by atoms with van der Waals surface area (Å²) < 4.78 is 0. The van der Waals surface area contributed by atoms with Crippen molar-refractivity contribution < 1.29 is 5.11 Å². The lowest BCUT2D eigenvalue weighted by molar-refractivity contribution is -0.137. The molecule has 0 saturated heterocycles. The quantitative estimate of drug-likeness (QED) is 0.587. The summed E-state index contributed by atoms with van der Waals surface area (Å²) in [6.45, 7) is 13.8. The topological polar surface area (TPSA) is 20.2 Å². The summed E-state index contributed by atoms with van der Waals surface area (Å²) in [5.41, 5.74) is 1.94. The van der Waals surface area contributed by atoms with Crippen LogP contribution in [0.1, 0.15) is 85.5 Å². The van der Waals surface area contributed by atoms with Gasteiger partial charge in [0.25, 0.3) is 0 Å². The van der Waals surface area contributed by atoms with E-state index >= 15 is 0 Å². The standard InChI is InChI=1S/C23H38O/c1-15(2)18-6-7-20-17-8-11-21(3)14-22(4,24)12-10-19(21)16(17)9-13-23(18,20)5/h16-20,24H,1,6-14H2,2-5H3/t16-,17+,18+,19+,20-,21+,22+,23+/m0/s1. The minimum atomic E-state index is -0.417. The maximum absolute atomic E-state index is 10.7. The minimum Gasteiger partial charge on any atom is -0.390 e. The van der Waals surface area contributed by atoms with Crippen LogP contribution < -0.4 is 0 Å². The van der Waals surface area contributed by atoms with E-state index in [-0.39, 0.29) is 0 Å². The molecule has 0 radical (unpaired) electrons. The largest absolute Gasteiger partial charge is 0.390 e. The number of rotatable bonds is 1. The second-order valence-electron chi connectivity index (χ2n) is 11.0. The Morgan fingerprint density at radius 1 is 0.875 bits per heavy atom. The molecule has 4 fully saturated rings. The van der Waals surface area contributed by atoms with Crippen molar-refractivity contribution in [2.24, 2.45) is 40.4 Å². The zero-order valence-corrected chi connectivity index (χ0v) is 16.4. The molecular formula is C23H38O. The third-order valence-electron chi connectivity index (χ3n) is 9.33. The summed E-state index contributed by atoms with van der Waals surface area (Å²) in [6, 6.07) is 0. The highest BCUT2D eigenvalue weighted by Gasteiger charge is 2.59. The molecule has 0 spiro atoms. The molecule has 4 aliphatic carbocycles. The molecule has 1 nitrogen and oxygen atoms in total. The van der Waals surface area contributed by atoms with Crippen LogP contribution in [0.3, 0.4) is 0 Å². The van der Waals surface area contributed by atoms with Gasteiger partial charge >= 0.3 is 0 Å². The first-order valence-corrected chi connectivity index (χ1v) is 10.5. The molecule has 0 aromatic rings. The number of aliphatic hydroxyl groups is 1. The molecule has 1 heteroatoms. The van der Waals surface area contributed by atoms with Crippen molar-refractivity contribution in [2.45, 2.75) is 91.1 Å². The Labute approximate surface area is 149 Å². The van der Waals surface area contributed by atoms with E-state index in [2.05, 4.69) is 34.3 Å². The molecular weight excluding hydrogens is 292 g/mol. The van der Waals surface area contributed by atoms with Crippen LogP contribution in [0.4, 0.5) is 0 Å². The number of allylic oxidation sites excluding steroid dienone is 1. The minimum absolute atomic E-state index is 0.392. The zero-order chi connectivity index (χ0) is 17.3. The van der Waals surface area contributed by atoms with Crippen LogP contribution in [-0.4, -0.2) is 10.7 Å². The first-order valence-electron chi connectivity index (χ1n) is 10.5. The Hall–Kier alpha value is -0.300. The molecule has 0 unspecified atom stereocenters. The summed E-state index contributed by atoms with van der Waals surface area (Å²) in [5, 5.41) is 10.7. The fourth-order valence-corrected chi connectivity index (χ4v) is 8.45. The predicted molar refractivity (Wildman–Crippen MR) is 101 cm³/mol. The van der Waals surface area contributed by atoms with Crippen molar-refractivity contribution in [1.29, 1.82) is 0 Å². The van der Waals surface area contributed by atoms with Crippen molar-refractivity contribution >= 4 is 0 Å². The highest BCUT2D eigenvalue weighted by molar-refractivity contribution is 5.15. The molecule has 0 aromatic heterocycles. The van der Waals surface area contributed by atoms with E-state index in [1.807, 2.05) is 0 Å². The van der Waals surface area contributed by atoms with Crippen LogP contribution in [0.2, 0.25) is 0 Å². The van der Waals surface area contributed by atoms with Gasteiger partial charge < -0.3 is 5.11 Å². The van der Waals surface area contributed by atoms with Crippen LogP contribution in [0, 0.1) is 40.4 Å². The Bertz CT molecular complexity index is 534. The van der Waals surface area contributed by atoms with Gasteiger partial charge in [0.1, 0.15) is 0 Å². The Kier molecular flexibility index (Phi) is 3.82. The molecule has 4 saturated carbocycles. The average molecular weight is 331 g/mol. The van der Waals surface area contributed by atoms with Crippen molar-refractivity contribution in [1.82, 2.24) is 0 Å². The molecule has 24 heavy (non-hydrogen) atoms. The molecule has 0 aromatic carbocycles. The average Bonchev–Trinajstić information content (AvgIpc) is 2.82. The lowest BCUT2D eigenvalue weighted by Crippen LogP contribution is -2.54. The Balaban J connectivity index is 1.59. The van der Waals surface area contributed by atoms with Gasteiger partial charge in [-0.3, -0.25) is 0 Å². The highest BCUT2D eigenvalue weighted by atomic mass is 16.3. The number of hydrogen-bond donors (Lipinski definition) is 1. The Morgan fingerprint density at radius 2 is 1.54 bits per heavy atom. The lowest BCUT2D eigenvalue weighted by atomic mass is 9.45. The zero-order valence-electron chi connectivity index (χ0n) is 16.4. The van der Waals surface area contributed by atoms with Crippen LogP contribution in [-0.2, 0) is 0 Å². The van der Waals surface area contributed by atoms with E-state index in [1.165, 1.54) is 50.5 Å². The second kappa shape index (κ2) is 5.35. The Morgan fingerprint density at radius 3 is 2.25 bits per heavy atom. The molecule has 4 rings (SSSR count). The predicted octanol–water partition coefficient (Wildman–Crippen LogP) is 5.97. The number of fused-ring (bicyclic) bond motifs is 5. The van der Waals surface area contributed by atoms with Crippen LogP contribution in [0.15, 0.2) is 12.2 Å². The maximum Gasteiger partial charge on any atom is 0.0625 e. The van der Waals surface area contributed by atoms with Crippen molar-refractivity contribution in [3.63, 3.8) is 0 Å². The molecule has 4 aliphatic rings. The van der Waals surface area contributed by atoms with Gasteiger partial charge in [0.15, 0.2) is 0 Å². The molecule has 0 bridgehead atoms. The fraction of sp³-hybridized carbons (Fsp3) is 0.913. The van der Waals surface area contributed by atoms with Crippen molar-refractivity contribution in [3.8, 4) is 0 Å². The summed E-state index contributed by atoms with van der Waals surface area (Å²) in [6.07, 6.45) is 11.8. The van der Waals surface area contributed by atoms with E-state index in [4.69, 9.17) is 0 Å². The molecule has 0 heterocycles. The molecule has 1 N–H and O–H groups in total. The smallest absolute Gasteiger partial charge is 0.0625 e. The summed E-state index contributed by atoms with van der Waals surface area (Å²) in [7, 11) is 0. The van der Waals surface area contributed by atoms with Crippen LogP contribution in [0.5, 0.6) is 0 Å². The monoisotopic (exact) mass is 330 g/mol. The normalized spacial score (nSPS) is 57.0. The van der Waals surface area contributed by atoms with E-state index in [9.17, 15) is 5.11 Å². The van der Waals surface area contributed by atoms with Crippen LogP contribution >= 0.6 is 0 Å². The van der Waals surface area contributed by atoms with E-state index in [0.29, 0.717) is 10.8 Å². The van der Waals surface area contributed by atoms with E-state index in [1.54, 1.807) is 0 Å². The SMILES string of the molecule is C=C(C)[C@H]1CC[C@H]2[C@@H]3CC[C@]4(C)C[C@](C)(O)CC[C@@H]4[C@H]3CC[C@]12C. The first-order chi connectivity index (χ1) is 11.2. The summed E-state index contributed by atoms with van der Waals surface area (Å²) in [4.78, 5) is 0. The molecule has 136 valence electrons. The number of hydrogen-bond acceptors (Lipinski definition) is 1. The third-order valence-corrected chi connectivity index (χ3v) is 9.33. The molecule has 0 aliphatic heterocycles. The molecule has 8 atom stereocenters. The van der Waals surface area contributed by atoms with Gasteiger partial charge in [-0.15, -0.1) is 0 Å². The van der Waals surface area contributed by atoms with Gasteiger partial charge in [0, 0.05) is 0 Å². The van der Waals surface area contributed by atoms with Crippen molar-refractivity contribution in [2.75, 3.05) is 0 Å². The summed E-state index contributed by atoms with van der Waals surface area (Å²) in [5.74, 6) is 4.45. The maximum atomic E-state index is 10.7. The lowest BCUT2D eigenvalue weighted by Gasteiger charge is -2.60. The van der Waals surface area contributed by atoms with Gasteiger partial charge in [-0.25, -0.2) is 0 Å². The highest BCUT2D eigenvalue weighted by Crippen LogP contribution is 2.67. The van der Waals surface area contributed by atoms with Gasteiger partial charge in [-0.1, -0.05) is 26.0 Å². The van der Waals surface area contributed by atoms with Crippen molar-refractivity contribution in [3.05, 3.63) is 12.2 Å². The third kappa shape index (κ3) is 2.37. The second-order valence-corrected chi connectivity index (χ2v) is 11.0. The summed E-state index contributed by atoms with van der Waals surface area (Å²) >= 11 is 0. The van der Waals surface area contributed by atoms with Gasteiger partial charge in [-0.05, 0) is 112 Å².